The van der Waals surface area contributed by atoms with Gasteiger partial charge in [-0.05, 0) is 23.3 Å². The highest BCUT2D eigenvalue weighted by atomic mass is 15.3. The number of hydrogen-bond donors (Lipinski definition) is 3. The number of nitrogens with zero attached hydrogens (tertiary/aromatic N) is 2. The van der Waals surface area contributed by atoms with Crippen molar-refractivity contribution in [3.63, 3.8) is 0 Å². The molecule has 0 amide bonds. The molecule has 0 saturated heterocycles. The van der Waals surface area contributed by atoms with Crippen molar-refractivity contribution in [2.45, 2.75) is 0 Å². The Bertz CT molecular complexity index is 683. The molecule has 0 saturated carbocycles. The highest BCUT2D eigenvalue weighted by Gasteiger charge is 2.02. The molecule has 20 heavy (non-hydrogen) atoms. The Kier molecular flexibility index (Phi) is 4.10. The lowest BCUT2D eigenvalue weighted by Crippen LogP contribution is -2.21. The van der Waals surface area contributed by atoms with E-state index >= 15 is 0 Å². The van der Waals surface area contributed by atoms with E-state index in [4.69, 9.17) is 16.4 Å². The first-order valence-electron chi connectivity index (χ1n) is 5.94. The van der Waals surface area contributed by atoms with Crippen LogP contribution >= 0.6 is 0 Å². The van der Waals surface area contributed by atoms with Gasteiger partial charge in [-0.2, -0.15) is 10.4 Å². The number of nitriles is 1. The SMILES string of the molecule is N#C/C(=N\Nc1cccc(-c2ccccc2)c1)C(=N)N. The van der Waals surface area contributed by atoms with Gasteiger partial charge in [0.05, 0.1) is 5.69 Å². The number of hydrazone groups is 1. The van der Waals surface area contributed by atoms with Crippen molar-refractivity contribution in [1.82, 2.24) is 0 Å². The summed E-state index contributed by atoms with van der Waals surface area (Å²) < 4.78 is 0. The third kappa shape index (κ3) is 3.21. The zero-order valence-electron chi connectivity index (χ0n) is 10.7. The van der Waals surface area contributed by atoms with Crippen molar-refractivity contribution in [2.75, 3.05) is 5.43 Å². The maximum Gasteiger partial charge on any atom is 0.201 e. The van der Waals surface area contributed by atoms with Gasteiger partial charge in [-0.15, -0.1) is 0 Å². The molecule has 5 heteroatoms. The van der Waals surface area contributed by atoms with Gasteiger partial charge in [0.1, 0.15) is 6.07 Å². The summed E-state index contributed by atoms with van der Waals surface area (Å²) >= 11 is 0. The van der Waals surface area contributed by atoms with Crippen molar-refractivity contribution >= 4 is 17.2 Å². The molecule has 0 bridgehead atoms. The Morgan fingerprint density at radius 1 is 1.10 bits per heavy atom. The number of amidine groups is 1. The molecule has 0 aliphatic heterocycles. The first kappa shape index (κ1) is 13.3. The van der Waals surface area contributed by atoms with Crippen LogP contribution in [0, 0.1) is 16.7 Å². The molecule has 98 valence electrons. The van der Waals surface area contributed by atoms with Gasteiger partial charge in [0, 0.05) is 0 Å². The monoisotopic (exact) mass is 263 g/mol. The summed E-state index contributed by atoms with van der Waals surface area (Å²) in [5, 5.41) is 19.7. The average molecular weight is 263 g/mol. The van der Waals surface area contributed by atoms with Gasteiger partial charge in [0.15, 0.2) is 5.84 Å². The summed E-state index contributed by atoms with van der Waals surface area (Å²) in [7, 11) is 0. The summed E-state index contributed by atoms with van der Waals surface area (Å²) in [6.45, 7) is 0. The molecule has 2 rings (SSSR count). The maximum absolute atomic E-state index is 8.77. The zero-order valence-corrected chi connectivity index (χ0v) is 10.7. The van der Waals surface area contributed by atoms with Crippen molar-refractivity contribution in [1.29, 1.82) is 10.7 Å². The zero-order chi connectivity index (χ0) is 14.4. The lowest BCUT2D eigenvalue weighted by atomic mass is 10.1. The van der Waals surface area contributed by atoms with Crippen LogP contribution in [0.5, 0.6) is 0 Å². The predicted octanol–water partition coefficient (Wildman–Crippen LogP) is 2.58. The average Bonchev–Trinajstić information content (AvgIpc) is 2.49. The largest absolute Gasteiger partial charge is 0.382 e. The number of nitrogens with one attached hydrogen (secondary N) is 2. The van der Waals surface area contributed by atoms with E-state index < -0.39 is 0 Å². The molecule has 0 aliphatic rings. The molecule has 0 aliphatic carbocycles. The van der Waals surface area contributed by atoms with Crippen LogP contribution in [0.15, 0.2) is 59.7 Å². The third-order valence-electron chi connectivity index (χ3n) is 2.63. The van der Waals surface area contributed by atoms with Gasteiger partial charge in [-0.3, -0.25) is 10.8 Å². The van der Waals surface area contributed by atoms with Crippen molar-refractivity contribution in [3.05, 3.63) is 54.6 Å². The van der Waals surface area contributed by atoms with Crippen LogP contribution in [0.4, 0.5) is 5.69 Å². The minimum atomic E-state index is -0.362. The molecular weight excluding hydrogens is 250 g/mol. The number of anilines is 1. The van der Waals surface area contributed by atoms with Crippen LogP contribution in [0.3, 0.4) is 0 Å². The van der Waals surface area contributed by atoms with Crippen molar-refractivity contribution < 1.29 is 0 Å². The van der Waals surface area contributed by atoms with E-state index in [1.165, 1.54) is 0 Å². The first-order valence-corrected chi connectivity index (χ1v) is 5.94. The minimum absolute atomic E-state index is 0.143. The van der Waals surface area contributed by atoms with Crippen LogP contribution in [0.1, 0.15) is 0 Å². The van der Waals surface area contributed by atoms with Gasteiger partial charge < -0.3 is 5.73 Å². The van der Waals surface area contributed by atoms with Gasteiger partial charge >= 0.3 is 0 Å². The molecule has 0 heterocycles. The molecule has 2 aromatic rings. The predicted molar refractivity (Wildman–Crippen MR) is 80.5 cm³/mol. The van der Waals surface area contributed by atoms with E-state index in [0.717, 1.165) is 16.8 Å². The lowest BCUT2D eigenvalue weighted by Gasteiger charge is -2.05. The van der Waals surface area contributed by atoms with Crippen LogP contribution in [0.25, 0.3) is 11.1 Å². The Labute approximate surface area is 116 Å². The quantitative estimate of drug-likeness (QED) is 0.449. The van der Waals surface area contributed by atoms with Gasteiger partial charge in [-0.25, -0.2) is 0 Å². The Morgan fingerprint density at radius 3 is 2.45 bits per heavy atom. The second-order valence-electron chi connectivity index (χ2n) is 4.04. The van der Waals surface area contributed by atoms with E-state index in [1.54, 1.807) is 6.07 Å². The summed E-state index contributed by atoms with van der Waals surface area (Å²) in [5.41, 5.74) is 10.7. The molecule has 5 nitrogen and oxygen atoms in total. The second-order valence-corrected chi connectivity index (χ2v) is 4.04. The molecule has 0 radical (unpaired) electrons. The summed E-state index contributed by atoms with van der Waals surface area (Å²) in [6, 6.07) is 19.3. The normalized spacial score (nSPS) is 10.7. The third-order valence-corrected chi connectivity index (χ3v) is 2.63. The van der Waals surface area contributed by atoms with E-state index in [0.29, 0.717) is 0 Å². The summed E-state index contributed by atoms with van der Waals surface area (Å²) in [6.07, 6.45) is 0. The van der Waals surface area contributed by atoms with Gasteiger partial charge in [0.25, 0.3) is 0 Å². The molecule has 0 spiro atoms. The standard InChI is InChI=1S/C15H13N5/c16-10-14(15(17)18)20-19-13-8-4-7-12(9-13)11-5-2-1-3-6-11/h1-9,19H,(H3,17,18)/b20-14+. The van der Waals surface area contributed by atoms with Crippen LogP contribution < -0.4 is 11.2 Å². The second kappa shape index (κ2) is 6.16. The minimum Gasteiger partial charge on any atom is -0.382 e. The molecule has 2 aromatic carbocycles. The summed E-state index contributed by atoms with van der Waals surface area (Å²) in [4.78, 5) is 0. The Hall–Kier alpha value is -3.13. The fraction of sp³-hybridized carbons (Fsp3) is 0. The highest BCUT2D eigenvalue weighted by molar-refractivity contribution is 6.45. The fourth-order valence-electron chi connectivity index (χ4n) is 1.66. The van der Waals surface area contributed by atoms with Crippen molar-refractivity contribution in [3.8, 4) is 17.2 Å². The fourth-order valence-corrected chi connectivity index (χ4v) is 1.66. The van der Waals surface area contributed by atoms with Crippen LogP contribution in [-0.4, -0.2) is 11.5 Å². The Morgan fingerprint density at radius 2 is 1.80 bits per heavy atom. The smallest absolute Gasteiger partial charge is 0.201 e. The number of benzene rings is 2. The van der Waals surface area contributed by atoms with E-state index in [-0.39, 0.29) is 11.5 Å². The molecule has 0 atom stereocenters. The van der Waals surface area contributed by atoms with E-state index in [9.17, 15) is 0 Å². The van der Waals surface area contributed by atoms with E-state index in [2.05, 4.69) is 10.5 Å². The Balaban J connectivity index is 2.24. The first-order chi connectivity index (χ1) is 9.70. The molecule has 0 fully saturated rings. The van der Waals surface area contributed by atoms with Gasteiger partial charge in [-0.1, -0.05) is 42.5 Å². The molecular formula is C15H13N5. The van der Waals surface area contributed by atoms with Crippen LogP contribution in [0.2, 0.25) is 0 Å². The number of nitrogens with two attached hydrogens (primary N) is 1. The highest BCUT2D eigenvalue weighted by Crippen LogP contribution is 2.22. The van der Waals surface area contributed by atoms with E-state index in [1.807, 2.05) is 54.6 Å². The van der Waals surface area contributed by atoms with Crippen LogP contribution in [-0.2, 0) is 0 Å². The van der Waals surface area contributed by atoms with Gasteiger partial charge in [0.2, 0.25) is 5.71 Å². The molecule has 0 aromatic heterocycles. The van der Waals surface area contributed by atoms with Crippen molar-refractivity contribution in [2.24, 2.45) is 10.8 Å². The number of rotatable bonds is 4. The number of hydrogen-bond acceptors (Lipinski definition) is 4. The summed E-state index contributed by atoms with van der Waals surface area (Å²) in [5.74, 6) is -0.362. The topological polar surface area (TPSA) is 98.0 Å². The molecule has 0 unspecified atom stereocenters. The molecule has 4 N–H and O–H groups in total. The lowest BCUT2D eigenvalue weighted by molar-refractivity contribution is 1.33. The maximum atomic E-state index is 8.77.